The summed E-state index contributed by atoms with van der Waals surface area (Å²) < 4.78 is 38.0. The topological polar surface area (TPSA) is 89.9 Å². The molecule has 1 N–H and O–H groups in total. The van der Waals surface area contributed by atoms with E-state index in [9.17, 15) is 13.2 Å². The Balaban J connectivity index is 3.12. The first-order valence-corrected chi connectivity index (χ1v) is 11.7. The van der Waals surface area contributed by atoms with E-state index in [4.69, 9.17) is 9.29 Å². The number of esters is 1. The summed E-state index contributed by atoms with van der Waals surface area (Å²) in [6.45, 7) is 2.02. The summed E-state index contributed by atoms with van der Waals surface area (Å²) >= 11 is 0. The minimum Gasteiger partial charge on any atom is -0.466 e. The van der Waals surface area contributed by atoms with Gasteiger partial charge in [0.15, 0.2) is 0 Å². The minimum atomic E-state index is -4.35. The first kappa shape index (κ1) is 25.9. The second kappa shape index (κ2) is 18.3. The van der Waals surface area contributed by atoms with Crippen molar-refractivity contribution in [1.29, 1.82) is 0 Å². The summed E-state index contributed by atoms with van der Waals surface area (Å²) in [6.07, 6.45) is 20.5. The Bertz CT molecular complexity index is 473. The van der Waals surface area contributed by atoms with Gasteiger partial charge in [0.25, 0.3) is 0 Å². The van der Waals surface area contributed by atoms with Gasteiger partial charge in [-0.2, -0.15) is 8.42 Å². The molecule has 0 radical (unpaired) electrons. The van der Waals surface area contributed by atoms with Crippen LogP contribution < -0.4 is 0 Å². The zero-order valence-corrected chi connectivity index (χ0v) is 17.7. The third kappa shape index (κ3) is 24.9. The van der Waals surface area contributed by atoms with E-state index in [1.807, 2.05) is 0 Å². The third-order valence-electron chi connectivity index (χ3n) is 4.34. The van der Waals surface area contributed by atoms with Crippen LogP contribution in [-0.4, -0.2) is 25.5 Å². The molecule has 0 fully saturated rings. The van der Waals surface area contributed by atoms with Gasteiger partial charge in [-0.25, -0.2) is 0 Å². The molecule has 160 valence electrons. The van der Waals surface area contributed by atoms with Crippen LogP contribution in [0.2, 0.25) is 0 Å². The molecule has 0 aliphatic rings. The summed E-state index contributed by atoms with van der Waals surface area (Å²) in [4.78, 5) is 10.6. The van der Waals surface area contributed by atoms with Gasteiger partial charge in [-0.05, 0) is 25.3 Å². The van der Waals surface area contributed by atoms with Gasteiger partial charge in [0, 0.05) is 6.92 Å². The van der Waals surface area contributed by atoms with Crippen LogP contribution >= 0.6 is 0 Å². The number of carbonyl (C=O) groups excluding carboxylic acids is 1. The lowest BCUT2D eigenvalue weighted by atomic mass is 10.0. The molecule has 0 heterocycles. The first-order valence-electron chi connectivity index (χ1n) is 10.4. The number of allylic oxidation sites excluding steroid dienone is 1. The molecule has 6 nitrogen and oxygen atoms in total. The molecule has 0 aromatic heterocycles. The molecular weight excluding hydrogens is 368 g/mol. The average Bonchev–Trinajstić information content (AvgIpc) is 2.58. The number of unbranched alkanes of at least 4 members (excludes halogenated alkanes) is 14. The van der Waals surface area contributed by atoms with Crippen LogP contribution in [0.4, 0.5) is 0 Å². The second-order valence-electron chi connectivity index (χ2n) is 6.97. The summed E-state index contributed by atoms with van der Waals surface area (Å²) in [5.74, 6) is -0.184. The van der Waals surface area contributed by atoms with E-state index in [2.05, 4.69) is 4.18 Å². The van der Waals surface area contributed by atoms with Crippen molar-refractivity contribution >= 4 is 16.4 Å². The molecule has 27 heavy (non-hydrogen) atoms. The Labute approximate surface area is 165 Å². The molecule has 0 spiro atoms. The number of ether oxygens (including phenoxy) is 1. The Morgan fingerprint density at radius 3 is 1.59 bits per heavy atom. The van der Waals surface area contributed by atoms with Crippen molar-refractivity contribution in [1.82, 2.24) is 0 Å². The molecule has 0 aromatic rings. The summed E-state index contributed by atoms with van der Waals surface area (Å²) in [6, 6.07) is 0. The molecule has 0 amide bonds. The highest BCUT2D eigenvalue weighted by atomic mass is 32.3. The highest BCUT2D eigenvalue weighted by Gasteiger charge is 1.98. The SMILES string of the molecule is CC(=O)OCCCCCCCCCCCCCCCCC=COS(=O)(=O)O. The quantitative estimate of drug-likeness (QED) is 0.127. The fourth-order valence-corrected chi connectivity index (χ4v) is 3.10. The van der Waals surface area contributed by atoms with Crippen LogP contribution in [-0.2, 0) is 24.1 Å². The fraction of sp³-hybridized carbons (Fsp3) is 0.850. The van der Waals surface area contributed by atoms with Crippen LogP contribution in [0, 0.1) is 0 Å². The molecular formula is C20H38O6S. The monoisotopic (exact) mass is 406 g/mol. The lowest BCUT2D eigenvalue weighted by molar-refractivity contribution is -0.141. The predicted octanol–water partition coefficient (Wildman–Crippen LogP) is 5.73. The van der Waals surface area contributed by atoms with Gasteiger partial charge >= 0.3 is 16.4 Å². The maximum atomic E-state index is 10.6. The molecule has 0 bridgehead atoms. The van der Waals surface area contributed by atoms with Crippen LogP contribution in [0.5, 0.6) is 0 Å². The van der Waals surface area contributed by atoms with E-state index in [1.54, 1.807) is 6.08 Å². The van der Waals surface area contributed by atoms with Gasteiger partial charge in [0.1, 0.15) is 6.26 Å². The Hall–Kier alpha value is -1.08. The highest BCUT2D eigenvalue weighted by Crippen LogP contribution is 2.13. The van der Waals surface area contributed by atoms with Gasteiger partial charge in [0.2, 0.25) is 0 Å². The van der Waals surface area contributed by atoms with Crippen LogP contribution in [0.25, 0.3) is 0 Å². The van der Waals surface area contributed by atoms with Crippen LogP contribution in [0.15, 0.2) is 12.3 Å². The fourth-order valence-electron chi connectivity index (χ4n) is 2.88. The van der Waals surface area contributed by atoms with Crippen molar-refractivity contribution in [2.75, 3.05) is 6.61 Å². The maximum absolute atomic E-state index is 10.6. The van der Waals surface area contributed by atoms with Gasteiger partial charge in [0.05, 0.1) is 6.61 Å². The summed E-state index contributed by atoms with van der Waals surface area (Å²) in [7, 11) is -4.35. The molecule has 0 aliphatic carbocycles. The van der Waals surface area contributed by atoms with Gasteiger partial charge in [-0.3, -0.25) is 9.35 Å². The van der Waals surface area contributed by atoms with Gasteiger partial charge in [-0.15, -0.1) is 0 Å². The van der Waals surface area contributed by atoms with E-state index in [0.29, 0.717) is 6.61 Å². The van der Waals surface area contributed by atoms with Crippen molar-refractivity contribution in [3.63, 3.8) is 0 Å². The van der Waals surface area contributed by atoms with Crippen molar-refractivity contribution in [3.05, 3.63) is 12.3 Å². The average molecular weight is 407 g/mol. The van der Waals surface area contributed by atoms with E-state index < -0.39 is 10.4 Å². The van der Waals surface area contributed by atoms with E-state index in [1.165, 1.54) is 71.1 Å². The van der Waals surface area contributed by atoms with Crippen LogP contribution in [0.1, 0.15) is 103 Å². The van der Waals surface area contributed by atoms with Crippen molar-refractivity contribution in [2.45, 2.75) is 103 Å². The summed E-state index contributed by atoms with van der Waals surface area (Å²) in [5.41, 5.74) is 0. The smallest absolute Gasteiger partial charge is 0.445 e. The van der Waals surface area contributed by atoms with Crippen molar-refractivity contribution < 1.29 is 26.7 Å². The number of rotatable bonds is 19. The second-order valence-corrected chi connectivity index (χ2v) is 8.02. The number of hydrogen-bond donors (Lipinski definition) is 1. The standard InChI is InChI=1S/C20H38O6S/c1-20(21)25-18-16-14-12-10-8-6-4-2-3-5-7-9-11-13-15-17-19-26-27(22,23)24/h17,19H,2-16,18H2,1H3,(H,22,23,24). The van der Waals surface area contributed by atoms with Crippen molar-refractivity contribution in [2.24, 2.45) is 0 Å². The Morgan fingerprint density at radius 2 is 1.19 bits per heavy atom. The summed E-state index contributed by atoms with van der Waals surface area (Å²) in [5, 5.41) is 0. The van der Waals surface area contributed by atoms with Crippen LogP contribution in [0.3, 0.4) is 0 Å². The van der Waals surface area contributed by atoms with E-state index in [0.717, 1.165) is 38.4 Å². The Kier molecular flexibility index (Phi) is 17.6. The third-order valence-corrected chi connectivity index (χ3v) is 4.70. The normalized spacial score (nSPS) is 11.8. The molecule has 0 saturated heterocycles. The molecule has 0 aliphatic heterocycles. The lowest BCUT2D eigenvalue weighted by Crippen LogP contribution is -2.00. The molecule has 0 rings (SSSR count). The lowest BCUT2D eigenvalue weighted by Gasteiger charge is -2.04. The maximum Gasteiger partial charge on any atom is 0.445 e. The Morgan fingerprint density at radius 1 is 0.778 bits per heavy atom. The van der Waals surface area contributed by atoms with Gasteiger partial charge < -0.3 is 8.92 Å². The number of carbonyl (C=O) groups is 1. The number of hydrogen-bond acceptors (Lipinski definition) is 5. The zero-order valence-electron chi connectivity index (χ0n) is 16.9. The highest BCUT2D eigenvalue weighted by molar-refractivity contribution is 7.81. The molecule has 0 unspecified atom stereocenters. The van der Waals surface area contributed by atoms with Gasteiger partial charge in [-0.1, -0.05) is 77.0 Å². The zero-order chi connectivity index (χ0) is 20.2. The molecule has 7 heteroatoms. The molecule has 0 saturated carbocycles. The largest absolute Gasteiger partial charge is 0.466 e. The van der Waals surface area contributed by atoms with E-state index >= 15 is 0 Å². The predicted molar refractivity (Wildman–Crippen MR) is 108 cm³/mol. The van der Waals surface area contributed by atoms with E-state index in [-0.39, 0.29) is 5.97 Å². The molecule has 0 aromatic carbocycles. The van der Waals surface area contributed by atoms with Crippen molar-refractivity contribution in [3.8, 4) is 0 Å². The molecule has 0 atom stereocenters. The first-order chi connectivity index (χ1) is 12.9. The minimum absolute atomic E-state index is 0.184.